The summed E-state index contributed by atoms with van der Waals surface area (Å²) in [5.74, 6) is 1.22. The van der Waals surface area contributed by atoms with E-state index in [9.17, 15) is 4.79 Å². The molecule has 0 aliphatic carbocycles. The van der Waals surface area contributed by atoms with Gasteiger partial charge in [-0.2, -0.15) is 0 Å². The Hall–Kier alpha value is -2.72. The Morgan fingerprint density at radius 3 is 2.58 bits per heavy atom. The van der Waals surface area contributed by atoms with Gasteiger partial charge in [0.15, 0.2) is 6.10 Å². The summed E-state index contributed by atoms with van der Waals surface area (Å²) in [5.41, 5.74) is 0. The Morgan fingerprint density at radius 2 is 1.77 bits per heavy atom. The van der Waals surface area contributed by atoms with E-state index < -0.39 is 6.10 Å². The number of ether oxygens (including phenoxy) is 2. The summed E-state index contributed by atoms with van der Waals surface area (Å²) >= 11 is 5.83. The van der Waals surface area contributed by atoms with Gasteiger partial charge in [0, 0.05) is 10.4 Å². The van der Waals surface area contributed by atoms with E-state index >= 15 is 0 Å². The number of carbonyl (C=O) groups is 1. The van der Waals surface area contributed by atoms with Crippen molar-refractivity contribution >= 4 is 28.3 Å². The highest BCUT2D eigenvalue weighted by molar-refractivity contribution is 6.30. The summed E-state index contributed by atoms with van der Waals surface area (Å²) in [6.45, 7) is 2.49. The van der Waals surface area contributed by atoms with E-state index in [1.54, 1.807) is 31.2 Å². The first-order valence-electron chi connectivity index (χ1n) is 8.44. The molecule has 0 aliphatic rings. The van der Waals surface area contributed by atoms with Crippen LogP contribution in [0.15, 0.2) is 66.7 Å². The van der Waals surface area contributed by atoms with Crippen LogP contribution in [0.1, 0.15) is 6.92 Å². The van der Waals surface area contributed by atoms with Crippen molar-refractivity contribution in [3.05, 3.63) is 71.8 Å². The van der Waals surface area contributed by atoms with Crippen LogP contribution in [0.4, 0.5) is 0 Å². The summed E-state index contributed by atoms with van der Waals surface area (Å²) in [7, 11) is 0. The Kier molecular flexibility index (Phi) is 5.97. The zero-order valence-electron chi connectivity index (χ0n) is 14.4. The largest absolute Gasteiger partial charge is 0.491 e. The molecule has 26 heavy (non-hydrogen) atoms. The first-order valence-corrected chi connectivity index (χ1v) is 8.82. The molecule has 1 N–H and O–H groups in total. The van der Waals surface area contributed by atoms with Crippen molar-refractivity contribution in [2.75, 3.05) is 13.2 Å². The van der Waals surface area contributed by atoms with Crippen LogP contribution >= 0.6 is 11.6 Å². The van der Waals surface area contributed by atoms with Crippen LogP contribution in [0.2, 0.25) is 5.02 Å². The number of amides is 1. The lowest BCUT2D eigenvalue weighted by molar-refractivity contribution is -0.127. The predicted molar refractivity (Wildman–Crippen MR) is 104 cm³/mol. The van der Waals surface area contributed by atoms with Gasteiger partial charge in [-0.25, -0.2) is 0 Å². The molecule has 0 aromatic heterocycles. The van der Waals surface area contributed by atoms with Crippen LogP contribution in [-0.2, 0) is 4.79 Å². The third kappa shape index (κ3) is 4.67. The molecule has 0 fully saturated rings. The highest BCUT2D eigenvalue weighted by Gasteiger charge is 2.14. The standard InChI is InChI=1S/C21H20ClNO3/c1-15(26-18-11-9-17(22)10-12-18)21(24)23-13-14-25-20-8-4-6-16-5-2-3-7-19(16)20/h2-12,15H,13-14H2,1H3,(H,23,24). The highest BCUT2D eigenvalue weighted by atomic mass is 35.5. The van der Waals surface area contributed by atoms with Crippen LogP contribution in [0.5, 0.6) is 11.5 Å². The maximum Gasteiger partial charge on any atom is 0.260 e. The maximum atomic E-state index is 12.1. The van der Waals surface area contributed by atoms with Crippen LogP contribution in [0.25, 0.3) is 10.8 Å². The number of hydrogen-bond acceptors (Lipinski definition) is 3. The molecule has 1 atom stereocenters. The molecular formula is C21H20ClNO3. The summed E-state index contributed by atoms with van der Waals surface area (Å²) in [4.78, 5) is 12.1. The van der Waals surface area contributed by atoms with Crippen LogP contribution in [0.3, 0.4) is 0 Å². The molecule has 0 spiro atoms. The number of benzene rings is 3. The molecule has 0 heterocycles. The molecule has 3 aromatic rings. The van der Waals surface area contributed by atoms with Crippen molar-refractivity contribution in [2.24, 2.45) is 0 Å². The molecule has 5 heteroatoms. The summed E-state index contributed by atoms with van der Waals surface area (Å²) in [5, 5.41) is 5.62. The molecule has 1 unspecified atom stereocenters. The Morgan fingerprint density at radius 1 is 1.04 bits per heavy atom. The molecule has 0 aliphatic heterocycles. The van der Waals surface area contributed by atoms with E-state index in [0.717, 1.165) is 16.5 Å². The second kappa shape index (κ2) is 8.59. The molecule has 134 valence electrons. The van der Waals surface area contributed by atoms with E-state index in [1.807, 2.05) is 42.5 Å². The predicted octanol–water partition coefficient (Wildman–Crippen LogP) is 4.46. The summed E-state index contributed by atoms with van der Waals surface area (Å²) < 4.78 is 11.4. The van der Waals surface area contributed by atoms with Crippen molar-refractivity contribution in [2.45, 2.75) is 13.0 Å². The SMILES string of the molecule is CC(Oc1ccc(Cl)cc1)C(=O)NCCOc1cccc2ccccc12. The molecule has 4 nitrogen and oxygen atoms in total. The third-order valence-electron chi connectivity index (χ3n) is 3.90. The first-order chi connectivity index (χ1) is 12.6. The lowest BCUT2D eigenvalue weighted by atomic mass is 10.1. The molecule has 1 amide bonds. The van der Waals surface area contributed by atoms with E-state index in [4.69, 9.17) is 21.1 Å². The van der Waals surface area contributed by atoms with E-state index in [0.29, 0.717) is 23.9 Å². The number of fused-ring (bicyclic) bond motifs is 1. The van der Waals surface area contributed by atoms with Crippen molar-refractivity contribution in [1.82, 2.24) is 5.32 Å². The molecule has 0 bridgehead atoms. The average molecular weight is 370 g/mol. The van der Waals surface area contributed by atoms with Crippen molar-refractivity contribution < 1.29 is 14.3 Å². The first kappa shape index (κ1) is 18.1. The van der Waals surface area contributed by atoms with Gasteiger partial charge in [-0.05, 0) is 42.6 Å². The topological polar surface area (TPSA) is 47.6 Å². The zero-order chi connectivity index (χ0) is 18.4. The summed E-state index contributed by atoms with van der Waals surface area (Å²) in [6, 6.07) is 20.9. The second-order valence-electron chi connectivity index (χ2n) is 5.83. The minimum atomic E-state index is -0.603. The van der Waals surface area contributed by atoms with Gasteiger partial charge in [0.2, 0.25) is 0 Å². The molecule has 3 aromatic carbocycles. The number of nitrogens with one attached hydrogen (secondary N) is 1. The number of rotatable bonds is 7. The van der Waals surface area contributed by atoms with Gasteiger partial charge in [0.25, 0.3) is 5.91 Å². The van der Waals surface area contributed by atoms with Crippen molar-refractivity contribution in [3.8, 4) is 11.5 Å². The Balaban J connectivity index is 1.46. The van der Waals surface area contributed by atoms with Gasteiger partial charge in [-0.1, -0.05) is 48.0 Å². The van der Waals surface area contributed by atoms with Gasteiger partial charge in [-0.15, -0.1) is 0 Å². The average Bonchev–Trinajstić information content (AvgIpc) is 2.67. The summed E-state index contributed by atoms with van der Waals surface area (Å²) in [6.07, 6.45) is -0.603. The lowest BCUT2D eigenvalue weighted by Crippen LogP contribution is -2.38. The fraction of sp³-hybridized carbons (Fsp3) is 0.190. The van der Waals surface area contributed by atoms with Crippen molar-refractivity contribution in [1.29, 1.82) is 0 Å². The Bertz CT molecular complexity index is 875. The third-order valence-corrected chi connectivity index (χ3v) is 4.16. The van der Waals surface area contributed by atoms with Crippen LogP contribution < -0.4 is 14.8 Å². The van der Waals surface area contributed by atoms with E-state index in [-0.39, 0.29) is 5.91 Å². The van der Waals surface area contributed by atoms with Crippen LogP contribution in [-0.4, -0.2) is 25.2 Å². The molecule has 0 radical (unpaired) electrons. The lowest BCUT2D eigenvalue weighted by Gasteiger charge is -2.15. The fourth-order valence-corrected chi connectivity index (χ4v) is 2.70. The van der Waals surface area contributed by atoms with Gasteiger partial charge < -0.3 is 14.8 Å². The molecule has 0 saturated carbocycles. The second-order valence-corrected chi connectivity index (χ2v) is 6.27. The normalized spacial score (nSPS) is 11.8. The number of hydrogen-bond donors (Lipinski definition) is 1. The molecule has 0 saturated heterocycles. The van der Waals surface area contributed by atoms with Gasteiger partial charge in [0.1, 0.15) is 18.1 Å². The number of carbonyl (C=O) groups excluding carboxylic acids is 1. The maximum absolute atomic E-state index is 12.1. The Labute approximate surface area is 157 Å². The smallest absolute Gasteiger partial charge is 0.260 e. The monoisotopic (exact) mass is 369 g/mol. The van der Waals surface area contributed by atoms with Gasteiger partial charge >= 0.3 is 0 Å². The van der Waals surface area contributed by atoms with Gasteiger partial charge in [0.05, 0.1) is 6.54 Å². The van der Waals surface area contributed by atoms with Crippen LogP contribution in [0, 0.1) is 0 Å². The fourth-order valence-electron chi connectivity index (χ4n) is 2.57. The highest BCUT2D eigenvalue weighted by Crippen LogP contribution is 2.24. The van der Waals surface area contributed by atoms with Crippen molar-refractivity contribution in [3.63, 3.8) is 0 Å². The zero-order valence-corrected chi connectivity index (χ0v) is 15.2. The molecular weight excluding hydrogens is 350 g/mol. The van der Waals surface area contributed by atoms with E-state index in [1.165, 1.54) is 0 Å². The van der Waals surface area contributed by atoms with E-state index in [2.05, 4.69) is 5.32 Å². The quantitative estimate of drug-likeness (QED) is 0.626. The minimum absolute atomic E-state index is 0.193. The molecule has 3 rings (SSSR count). The van der Waals surface area contributed by atoms with Gasteiger partial charge in [-0.3, -0.25) is 4.79 Å². The minimum Gasteiger partial charge on any atom is -0.491 e. The number of halogens is 1.